The molecule has 2 aromatic carbocycles. The van der Waals surface area contributed by atoms with Gasteiger partial charge in [0.2, 0.25) is 6.10 Å². The summed E-state index contributed by atoms with van der Waals surface area (Å²) in [5.74, 6) is 0.952. The fourth-order valence-electron chi connectivity index (χ4n) is 2.55. The second-order valence-electron chi connectivity index (χ2n) is 5.40. The van der Waals surface area contributed by atoms with Crippen molar-refractivity contribution >= 4 is 48.5 Å². The number of fused-ring (bicyclic) bond motifs is 2. The Morgan fingerprint density at radius 2 is 1.92 bits per heavy atom. The van der Waals surface area contributed by atoms with Gasteiger partial charge in [0, 0.05) is 4.47 Å². The summed E-state index contributed by atoms with van der Waals surface area (Å²) in [7, 11) is 0. The number of thiazole rings is 1. The first-order valence-corrected chi connectivity index (χ1v) is 9.01. The minimum absolute atomic E-state index is 0.271. The molecule has 2 unspecified atom stereocenters. The lowest BCUT2D eigenvalue weighted by molar-refractivity contribution is -0.128. The first-order valence-electron chi connectivity index (χ1n) is 7.40. The van der Waals surface area contributed by atoms with Gasteiger partial charge >= 0.3 is 0 Å². The third-order valence-corrected chi connectivity index (χ3v) is 5.28. The number of anilines is 1. The van der Waals surface area contributed by atoms with Crippen molar-refractivity contribution in [2.45, 2.75) is 19.1 Å². The van der Waals surface area contributed by atoms with Crippen LogP contribution in [-0.2, 0) is 4.79 Å². The standard InChI is InChI=1S/C17H13BrN2O3S/c1-9-15(23-12-7-3-2-6-11(12)22-9)16(21)20-17-19-14-10(18)5-4-8-13(14)24-17/h2-9,15H,1H3,(H,19,20,21). The van der Waals surface area contributed by atoms with E-state index in [1.54, 1.807) is 6.07 Å². The minimum atomic E-state index is -0.727. The van der Waals surface area contributed by atoms with Crippen molar-refractivity contribution in [3.8, 4) is 11.5 Å². The molecule has 24 heavy (non-hydrogen) atoms. The van der Waals surface area contributed by atoms with Crippen LogP contribution in [-0.4, -0.2) is 23.1 Å². The molecule has 0 radical (unpaired) electrons. The van der Waals surface area contributed by atoms with Crippen LogP contribution in [0.5, 0.6) is 11.5 Å². The van der Waals surface area contributed by atoms with Crippen molar-refractivity contribution in [1.82, 2.24) is 4.98 Å². The van der Waals surface area contributed by atoms with Crippen molar-refractivity contribution in [3.05, 3.63) is 46.9 Å². The Labute approximate surface area is 150 Å². The number of amides is 1. The number of halogens is 1. The molecule has 0 aliphatic carbocycles. The average Bonchev–Trinajstić information content (AvgIpc) is 2.98. The Morgan fingerprint density at radius 3 is 2.67 bits per heavy atom. The lowest BCUT2D eigenvalue weighted by atomic mass is 10.1. The number of hydrogen-bond donors (Lipinski definition) is 1. The zero-order valence-corrected chi connectivity index (χ0v) is 15.1. The number of carbonyl (C=O) groups is 1. The summed E-state index contributed by atoms with van der Waals surface area (Å²) in [6, 6.07) is 13.2. The van der Waals surface area contributed by atoms with E-state index in [0.29, 0.717) is 16.6 Å². The molecule has 0 bridgehead atoms. The summed E-state index contributed by atoms with van der Waals surface area (Å²) in [5.41, 5.74) is 0.831. The molecule has 4 rings (SSSR count). The smallest absolute Gasteiger partial charge is 0.271 e. The van der Waals surface area contributed by atoms with Gasteiger partial charge in [0.05, 0.1) is 10.2 Å². The Bertz CT molecular complexity index is 927. The molecule has 2 heterocycles. The van der Waals surface area contributed by atoms with Gasteiger partial charge in [-0.2, -0.15) is 0 Å². The van der Waals surface area contributed by atoms with Gasteiger partial charge in [-0.1, -0.05) is 29.5 Å². The summed E-state index contributed by atoms with van der Waals surface area (Å²) < 4.78 is 13.5. The van der Waals surface area contributed by atoms with E-state index in [4.69, 9.17) is 9.47 Å². The van der Waals surface area contributed by atoms with Gasteiger partial charge in [-0.3, -0.25) is 10.1 Å². The number of carbonyl (C=O) groups excluding carboxylic acids is 1. The van der Waals surface area contributed by atoms with Crippen LogP contribution in [0.15, 0.2) is 46.9 Å². The molecule has 1 N–H and O–H groups in total. The zero-order valence-electron chi connectivity index (χ0n) is 12.7. The highest BCUT2D eigenvalue weighted by Crippen LogP contribution is 2.34. The minimum Gasteiger partial charge on any atom is -0.482 e. The number of ether oxygens (including phenoxy) is 2. The molecule has 1 aliphatic heterocycles. The number of hydrogen-bond acceptors (Lipinski definition) is 5. The van der Waals surface area contributed by atoms with E-state index in [0.717, 1.165) is 14.7 Å². The molecular formula is C17H13BrN2O3S. The number of aromatic nitrogens is 1. The fraction of sp³-hybridized carbons (Fsp3) is 0.176. The summed E-state index contributed by atoms with van der Waals surface area (Å²) in [6.07, 6.45) is -1.11. The molecule has 3 aromatic rings. The number of para-hydroxylation sites is 3. The lowest BCUT2D eigenvalue weighted by Crippen LogP contribution is -2.46. The van der Waals surface area contributed by atoms with Crippen molar-refractivity contribution in [1.29, 1.82) is 0 Å². The highest BCUT2D eigenvalue weighted by Gasteiger charge is 2.34. The highest BCUT2D eigenvalue weighted by molar-refractivity contribution is 9.10. The van der Waals surface area contributed by atoms with E-state index in [9.17, 15) is 4.79 Å². The predicted octanol–water partition coefficient (Wildman–Crippen LogP) is 4.23. The van der Waals surface area contributed by atoms with Crippen LogP contribution in [0.3, 0.4) is 0 Å². The van der Waals surface area contributed by atoms with Crippen LogP contribution in [0.25, 0.3) is 10.2 Å². The van der Waals surface area contributed by atoms with E-state index < -0.39 is 6.10 Å². The zero-order chi connectivity index (χ0) is 16.7. The predicted molar refractivity (Wildman–Crippen MR) is 96.9 cm³/mol. The Hall–Kier alpha value is -2.12. The van der Waals surface area contributed by atoms with E-state index in [1.807, 2.05) is 43.3 Å². The summed E-state index contributed by atoms with van der Waals surface area (Å²) >= 11 is 4.89. The Kier molecular flexibility index (Phi) is 3.90. The van der Waals surface area contributed by atoms with Crippen LogP contribution in [0.1, 0.15) is 6.92 Å². The van der Waals surface area contributed by atoms with Gasteiger partial charge in [0.1, 0.15) is 6.10 Å². The van der Waals surface area contributed by atoms with Gasteiger partial charge in [-0.25, -0.2) is 4.98 Å². The fourth-order valence-corrected chi connectivity index (χ4v) is 4.03. The largest absolute Gasteiger partial charge is 0.482 e. The van der Waals surface area contributed by atoms with Gasteiger partial charge < -0.3 is 9.47 Å². The number of rotatable bonds is 2. The molecule has 0 spiro atoms. The molecule has 2 atom stereocenters. The summed E-state index contributed by atoms with van der Waals surface area (Å²) in [6.45, 7) is 1.81. The van der Waals surface area contributed by atoms with E-state index >= 15 is 0 Å². The first-order chi connectivity index (χ1) is 11.6. The Balaban J connectivity index is 1.56. The summed E-state index contributed by atoms with van der Waals surface area (Å²) in [4.78, 5) is 17.0. The monoisotopic (exact) mass is 404 g/mol. The second kappa shape index (κ2) is 6.07. The van der Waals surface area contributed by atoms with Crippen molar-refractivity contribution in [3.63, 3.8) is 0 Å². The topological polar surface area (TPSA) is 60.5 Å². The van der Waals surface area contributed by atoms with E-state index in [2.05, 4.69) is 26.2 Å². The molecule has 1 amide bonds. The maximum Gasteiger partial charge on any atom is 0.271 e. The summed E-state index contributed by atoms with van der Waals surface area (Å²) in [5, 5.41) is 3.37. The average molecular weight is 405 g/mol. The van der Waals surface area contributed by atoms with Crippen LogP contribution in [0.4, 0.5) is 5.13 Å². The SMILES string of the molecule is CC1Oc2ccccc2OC1C(=O)Nc1nc2c(Br)cccc2s1. The highest BCUT2D eigenvalue weighted by atomic mass is 79.9. The molecule has 5 nitrogen and oxygen atoms in total. The molecule has 1 aliphatic rings. The maximum absolute atomic E-state index is 12.6. The van der Waals surface area contributed by atoms with E-state index in [-0.39, 0.29) is 12.0 Å². The van der Waals surface area contributed by atoms with Gasteiger partial charge in [0.15, 0.2) is 16.6 Å². The number of nitrogens with one attached hydrogen (secondary N) is 1. The van der Waals surface area contributed by atoms with Crippen LogP contribution in [0.2, 0.25) is 0 Å². The second-order valence-corrected chi connectivity index (χ2v) is 7.29. The van der Waals surface area contributed by atoms with Crippen LogP contribution >= 0.6 is 27.3 Å². The number of nitrogens with zero attached hydrogens (tertiary/aromatic N) is 1. The van der Waals surface area contributed by atoms with E-state index in [1.165, 1.54) is 11.3 Å². The van der Waals surface area contributed by atoms with Gasteiger partial charge in [-0.15, -0.1) is 0 Å². The molecule has 0 fully saturated rings. The van der Waals surface area contributed by atoms with Gasteiger partial charge in [0.25, 0.3) is 5.91 Å². The van der Waals surface area contributed by atoms with Gasteiger partial charge in [-0.05, 0) is 47.1 Å². The Morgan fingerprint density at radius 1 is 1.17 bits per heavy atom. The quantitative estimate of drug-likeness (QED) is 0.694. The normalized spacial score (nSPS) is 19.2. The molecule has 1 aromatic heterocycles. The molecule has 0 saturated carbocycles. The van der Waals surface area contributed by atoms with Crippen LogP contribution < -0.4 is 14.8 Å². The number of benzene rings is 2. The molecule has 0 saturated heterocycles. The first kappa shape index (κ1) is 15.4. The van der Waals surface area contributed by atoms with Crippen molar-refractivity contribution in [2.24, 2.45) is 0 Å². The molecular weight excluding hydrogens is 392 g/mol. The third-order valence-electron chi connectivity index (χ3n) is 3.70. The van der Waals surface area contributed by atoms with Crippen molar-refractivity contribution < 1.29 is 14.3 Å². The maximum atomic E-state index is 12.6. The molecule has 7 heteroatoms. The molecule has 122 valence electrons. The third kappa shape index (κ3) is 2.74. The van der Waals surface area contributed by atoms with Crippen LogP contribution in [0, 0.1) is 0 Å². The lowest BCUT2D eigenvalue weighted by Gasteiger charge is -2.30. The van der Waals surface area contributed by atoms with Crippen molar-refractivity contribution in [2.75, 3.05) is 5.32 Å².